The lowest BCUT2D eigenvalue weighted by atomic mass is 10.0. The molecule has 1 atom stereocenters. The minimum atomic E-state index is -1.33. The van der Waals surface area contributed by atoms with Gasteiger partial charge in [0.1, 0.15) is 5.75 Å². The molecule has 1 aromatic rings. The minimum absolute atomic E-state index is 0.0757. The second-order valence-corrected chi connectivity index (χ2v) is 3.47. The monoisotopic (exact) mass is 228 g/mol. The van der Waals surface area contributed by atoms with Gasteiger partial charge in [-0.25, -0.2) is 4.79 Å². The molecule has 0 saturated carbocycles. The molecule has 1 rings (SSSR count). The van der Waals surface area contributed by atoms with Crippen LogP contribution in [-0.2, 0) is 4.79 Å². The summed E-state index contributed by atoms with van der Waals surface area (Å²) in [5.41, 5.74) is -1.33. The average molecular weight is 229 g/mol. The molecule has 1 unspecified atom stereocenters. The number of aliphatic carboxylic acids is 1. The van der Waals surface area contributed by atoms with Crippen molar-refractivity contribution < 1.29 is 14.6 Å². The number of carboxylic acids is 1. The number of hydrogen-bond acceptors (Lipinski definition) is 2. The van der Waals surface area contributed by atoms with E-state index in [1.54, 1.807) is 31.2 Å². The van der Waals surface area contributed by atoms with Crippen LogP contribution in [0.15, 0.2) is 30.3 Å². The molecule has 1 N–H and O–H groups in total. The highest BCUT2D eigenvalue weighted by atomic mass is 35.5. The topological polar surface area (TPSA) is 46.5 Å². The van der Waals surface area contributed by atoms with Gasteiger partial charge in [-0.3, -0.25) is 0 Å². The minimum Gasteiger partial charge on any atom is -0.478 e. The van der Waals surface area contributed by atoms with Crippen molar-refractivity contribution in [1.29, 1.82) is 0 Å². The first kappa shape index (κ1) is 11.9. The van der Waals surface area contributed by atoms with Gasteiger partial charge in [0, 0.05) is 0 Å². The van der Waals surface area contributed by atoms with Crippen molar-refractivity contribution in [3.8, 4) is 5.75 Å². The highest BCUT2D eigenvalue weighted by Gasteiger charge is 2.38. The molecular formula is C11H13ClO3. The van der Waals surface area contributed by atoms with Gasteiger partial charge in [0.05, 0.1) is 5.88 Å². The fourth-order valence-electron chi connectivity index (χ4n) is 1.16. The van der Waals surface area contributed by atoms with Gasteiger partial charge in [0.2, 0.25) is 5.60 Å². The molecule has 0 spiro atoms. The zero-order valence-electron chi connectivity index (χ0n) is 8.44. The van der Waals surface area contributed by atoms with E-state index in [1.807, 2.05) is 6.07 Å². The molecule has 0 saturated heterocycles. The van der Waals surface area contributed by atoms with Crippen molar-refractivity contribution in [2.75, 3.05) is 5.88 Å². The van der Waals surface area contributed by atoms with Gasteiger partial charge in [-0.1, -0.05) is 25.1 Å². The van der Waals surface area contributed by atoms with Gasteiger partial charge in [-0.15, -0.1) is 11.6 Å². The Morgan fingerprint density at radius 1 is 1.47 bits per heavy atom. The lowest BCUT2D eigenvalue weighted by Gasteiger charge is -2.26. The van der Waals surface area contributed by atoms with Crippen LogP contribution in [0.4, 0.5) is 0 Å². The number of para-hydroxylation sites is 1. The Morgan fingerprint density at radius 3 is 2.47 bits per heavy atom. The van der Waals surface area contributed by atoms with Gasteiger partial charge in [-0.05, 0) is 18.6 Å². The SMILES string of the molecule is CCC(CCl)(Oc1ccccc1)C(=O)O. The summed E-state index contributed by atoms with van der Waals surface area (Å²) in [6.45, 7) is 1.74. The van der Waals surface area contributed by atoms with Crippen LogP contribution in [-0.4, -0.2) is 22.6 Å². The number of benzene rings is 1. The zero-order valence-corrected chi connectivity index (χ0v) is 9.20. The molecule has 0 aromatic heterocycles. The molecule has 0 radical (unpaired) electrons. The molecule has 0 aliphatic rings. The van der Waals surface area contributed by atoms with Crippen molar-refractivity contribution in [2.45, 2.75) is 18.9 Å². The first-order chi connectivity index (χ1) is 7.14. The Balaban J connectivity index is 2.89. The van der Waals surface area contributed by atoms with E-state index in [-0.39, 0.29) is 5.88 Å². The smallest absolute Gasteiger partial charge is 0.349 e. The molecule has 0 aliphatic carbocycles. The van der Waals surface area contributed by atoms with E-state index >= 15 is 0 Å². The molecule has 0 fully saturated rings. The molecule has 15 heavy (non-hydrogen) atoms. The van der Waals surface area contributed by atoms with Crippen molar-refractivity contribution in [3.05, 3.63) is 30.3 Å². The number of rotatable bonds is 5. The summed E-state index contributed by atoms with van der Waals surface area (Å²) in [6.07, 6.45) is 0.320. The molecule has 0 amide bonds. The lowest BCUT2D eigenvalue weighted by Crippen LogP contribution is -2.45. The number of halogens is 1. The predicted octanol–water partition coefficient (Wildman–Crippen LogP) is 2.54. The van der Waals surface area contributed by atoms with Crippen LogP contribution in [0.5, 0.6) is 5.75 Å². The fourth-order valence-corrected chi connectivity index (χ4v) is 1.52. The van der Waals surface area contributed by atoms with Crippen molar-refractivity contribution in [2.24, 2.45) is 0 Å². The van der Waals surface area contributed by atoms with E-state index in [0.29, 0.717) is 12.2 Å². The van der Waals surface area contributed by atoms with Crippen LogP contribution in [0.1, 0.15) is 13.3 Å². The first-order valence-electron chi connectivity index (χ1n) is 4.68. The second kappa shape index (κ2) is 5.03. The third-order valence-corrected chi connectivity index (χ3v) is 2.66. The maximum Gasteiger partial charge on any atom is 0.349 e. The number of ether oxygens (including phenoxy) is 1. The predicted molar refractivity (Wildman–Crippen MR) is 58.4 cm³/mol. The van der Waals surface area contributed by atoms with Gasteiger partial charge in [0.15, 0.2) is 0 Å². The van der Waals surface area contributed by atoms with E-state index in [4.69, 9.17) is 21.4 Å². The van der Waals surface area contributed by atoms with Crippen molar-refractivity contribution in [3.63, 3.8) is 0 Å². The number of carbonyl (C=O) groups is 1. The highest BCUT2D eigenvalue weighted by molar-refractivity contribution is 6.20. The van der Waals surface area contributed by atoms with Crippen LogP contribution >= 0.6 is 11.6 Å². The molecule has 0 heterocycles. The zero-order chi connectivity index (χ0) is 11.3. The summed E-state index contributed by atoms with van der Waals surface area (Å²) in [7, 11) is 0. The fraction of sp³-hybridized carbons (Fsp3) is 0.364. The van der Waals surface area contributed by atoms with Crippen molar-refractivity contribution in [1.82, 2.24) is 0 Å². The molecule has 4 heteroatoms. The standard InChI is InChI=1S/C11H13ClO3/c1-2-11(8-12,10(13)14)15-9-6-4-3-5-7-9/h3-7H,2,8H2,1H3,(H,13,14). The van der Waals surface area contributed by atoms with Gasteiger partial charge < -0.3 is 9.84 Å². The van der Waals surface area contributed by atoms with Crippen molar-refractivity contribution >= 4 is 17.6 Å². The maximum absolute atomic E-state index is 11.1. The number of alkyl halides is 1. The Kier molecular flexibility index (Phi) is 3.97. The molecule has 0 aliphatic heterocycles. The van der Waals surface area contributed by atoms with Crippen LogP contribution in [0.2, 0.25) is 0 Å². The summed E-state index contributed by atoms with van der Waals surface area (Å²) in [6, 6.07) is 8.82. The Labute approximate surface area is 93.6 Å². The van der Waals surface area contributed by atoms with E-state index in [2.05, 4.69) is 0 Å². The summed E-state index contributed by atoms with van der Waals surface area (Å²) in [4.78, 5) is 11.1. The summed E-state index contributed by atoms with van der Waals surface area (Å²) in [5, 5.41) is 9.08. The number of hydrogen-bond donors (Lipinski definition) is 1. The quantitative estimate of drug-likeness (QED) is 0.788. The Hall–Kier alpha value is -1.22. The van der Waals surface area contributed by atoms with Crippen LogP contribution in [0.3, 0.4) is 0 Å². The van der Waals surface area contributed by atoms with Crippen LogP contribution in [0, 0.1) is 0 Å². The average Bonchev–Trinajstić information content (AvgIpc) is 2.27. The largest absolute Gasteiger partial charge is 0.478 e. The molecule has 3 nitrogen and oxygen atoms in total. The van der Waals surface area contributed by atoms with E-state index in [0.717, 1.165) is 0 Å². The first-order valence-corrected chi connectivity index (χ1v) is 5.21. The van der Waals surface area contributed by atoms with E-state index in [1.165, 1.54) is 0 Å². The maximum atomic E-state index is 11.1. The molecule has 1 aromatic carbocycles. The van der Waals surface area contributed by atoms with Gasteiger partial charge >= 0.3 is 5.97 Å². The Bertz CT molecular complexity index is 320. The third-order valence-electron chi connectivity index (χ3n) is 2.23. The number of carboxylic acid groups (broad SMARTS) is 1. The molecule has 82 valence electrons. The molecular weight excluding hydrogens is 216 g/mol. The van der Waals surface area contributed by atoms with Gasteiger partial charge in [0.25, 0.3) is 0 Å². The van der Waals surface area contributed by atoms with E-state index in [9.17, 15) is 4.79 Å². The van der Waals surface area contributed by atoms with Crippen LogP contribution in [0.25, 0.3) is 0 Å². The molecule has 0 bridgehead atoms. The normalized spacial score (nSPS) is 14.3. The van der Waals surface area contributed by atoms with Crippen LogP contribution < -0.4 is 4.74 Å². The second-order valence-electron chi connectivity index (χ2n) is 3.20. The highest BCUT2D eigenvalue weighted by Crippen LogP contribution is 2.23. The summed E-state index contributed by atoms with van der Waals surface area (Å²) >= 11 is 5.66. The third kappa shape index (κ3) is 2.63. The summed E-state index contributed by atoms with van der Waals surface area (Å²) < 4.78 is 5.43. The lowest BCUT2D eigenvalue weighted by molar-refractivity contribution is -0.153. The van der Waals surface area contributed by atoms with E-state index < -0.39 is 11.6 Å². The summed E-state index contributed by atoms with van der Waals surface area (Å²) in [5.74, 6) is -0.598. The Morgan fingerprint density at radius 2 is 2.07 bits per heavy atom. The van der Waals surface area contributed by atoms with Gasteiger partial charge in [-0.2, -0.15) is 0 Å².